The van der Waals surface area contributed by atoms with Gasteiger partial charge in [-0.15, -0.1) is 0 Å². The molecule has 20 heavy (non-hydrogen) atoms. The van der Waals surface area contributed by atoms with Crippen LogP contribution in [-0.4, -0.2) is 4.98 Å². The van der Waals surface area contributed by atoms with Gasteiger partial charge in [0.15, 0.2) is 5.82 Å². The third-order valence-corrected chi connectivity index (χ3v) is 3.14. The van der Waals surface area contributed by atoms with E-state index in [0.717, 1.165) is 18.3 Å². The van der Waals surface area contributed by atoms with Crippen molar-refractivity contribution in [3.63, 3.8) is 0 Å². The molecule has 6 heteroatoms. The molecule has 106 valence electrons. The van der Waals surface area contributed by atoms with E-state index in [1.165, 1.54) is 12.1 Å². The van der Waals surface area contributed by atoms with Crippen LogP contribution in [0.15, 0.2) is 30.5 Å². The van der Waals surface area contributed by atoms with Crippen molar-refractivity contribution in [1.29, 1.82) is 0 Å². The number of hydrogen-bond acceptors (Lipinski definition) is 2. The molecule has 1 atom stereocenters. The Kier molecular flexibility index (Phi) is 4.49. The lowest BCUT2D eigenvalue weighted by Gasteiger charge is -2.19. The second-order valence-corrected chi connectivity index (χ2v) is 4.66. The smallest absolute Gasteiger partial charge is 0.150 e. The molecule has 2 aromatic rings. The van der Waals surface area contributed by atoms with Crippen molar-refractivity contribution in [3.8, 4) is 0 Å². The van der Waals surface area contributed by atoms with Gasteiger partial charge >= 0.3 is 0 Å². The first kappa shape index (κ1) is 14.7. The third-order valence-electron chi connectivity index (χ3n) is 2.84. The Balaban J connectivity index is 2.29. The summed E-state index contributed by atoms with van der Waals surface area (Å²) in [5, 5.41) is 2.82. The molecule has 0 saturated carbocycles. The molecule has 1 N–H and O–H groups in total. The predicted octanol–water partition coefficient (Wildman–Crippen LogP) is 4.72. The summed E-state index contributed by atoms with van der Waals surface area (Å²) in [6.45, 7) is 1.86. The van der Waals surface area contributed by atoms with E-state index in [1.54, 1.807) is 0 Å². The van der Waals surface area contributed by atoms with Crippen LogP contribution in [-0.2, 0) is 0 Å². The number of anilines is 1. The van der Waals surface area contributed by atoms with Crippen molar-refractivity contribution in [2.75, 3.05) is 5.32 Å². The summed E-state index contributed by atoms with van der Waals surface area (Å²) < 4.78 is 39.6. The molecule has 0 amide bonds. The van der Waals surface area contributed by atoms with Crippen LogP contribution in [0.1, 0.15) is 25.1 Å². The Morgan fingerprint density at radius 2 is 1.95 bits per heavy atom. The zero-order chi connectivity index (χ0) is 14.7. The number of aromatic nitrogens is 1. The van der Waals surface area contributed by atoms with Crippen LogP contribution in [0.5, 0.6) is 0 Å². The lowest BCUT2D eigenvalue weighted by Crippen LogP contribution is -2.13. The minimum atomic E-state index is -0.782. The third kappa shape index (κ3) is 3.22. The summed E-state index contributed by atoms with van der Waals surface area (Å²) in [6, 6.07) is 4.20. The summed E-state index contributed by atoms with van der Waals surface area (Å²) in [6.07, 6.45) is 1.66. The van der Waals surface area contributed by atoms with Crippen LogP contribution < -0.4 is 5.32 Å². The minimum Gasteiger partial charge on any atom is -0.373 e. The number of pyridine rings is 1. The van der Waals surface area contributed by atoms with Gasteiger partial charge in [-0.05, 0) is 24.6 Å². The summed E-state index contributed by atoms with van der Waals surface area (Å²) in [5.41, 5.74) is 0.555. The molecule has 0 aliphatic rings. The summed E-state index contributed by atoms with van der Waals surface area (Å²) in [4.78, 5) is 3.95. The van der Waals surface area contributed by atoms with E-state index < -0.39 is 17.5 Å². The molecular formula is C14H12ClF3N2. The highest BCUT2D eigenvalue weighted by molar-refractivity contribution is 6.33. The van der Waals surface area contributed by atoms with Gasteiger partial charge in [-0.1, -0.05) is 18.5 Å². The molecule has 0 bridgehead atoms. The zero-order valence-electron chi connectivity index (χ0n) is 10.6. The average molecular weight is 301 g/mol. The second kappa shape index (κ2) is 6.13. The summed E-state index contributed by atoms with van der Waals surface area (Å²) in [5.74, 6) is -1.98. The molecule has 1 unspecified atom stereocenters. The molecule has 1 heterocycles. The topological polar surface area (TPSA) is 24.9 Å². The van der Waals surface area contributed by atoms with Gasteiger partial charge < -0.3 is 5.32 Å². The second-order valence-electron chi connectivity index (χ2n) is 4.25. The lowest BCUT2D eigenvalue weighted by atomic mass is 10.1. The molecule has 0 aliphatic carbocycles. The predicted molar refractivity (Wildman–Crippen MR) is 72.2 cm³/mol. The zero-order valence-corrected chi connectivity index (χ0v) is 11.4. The monoisotopic (exact) mass is 300 g/mol. The van der Waals surface area contributed by atoms with Gasteiger partial charge in [-0.3, -0.25) is 4.98 Å². The van der Waals surface area contributed by atoms with E-state index in [-0.39, 0.29) is 16.8 Å². The van der Waals surface area contributed by atoms with Gasteiger partial charge in [0.1, 0.15) is 11.6 Å². The van der Waals surface area contributed by atoms with Crippen LogP contribution in [0.4, 0.5) is 18.9 Å². The van der Waals surface area contributed by atoms with E-state index in [9.17, 15) is 13.2 Å². The molecule has 0 aliphatic heterocycles. The van der Waals surface area contributed by atoms with Crippen molar-refractivity contribution < 1.29 is 13.2 Å². The Morgan fingerprint density at radius 1 is 1.20 bits per heavy atom. The van der Waals surface area contributed by atoms with Crippen molar-refractivity contribution in [2.24, 2.45) is 0 Å². The maximum atomic E-state index is 13.7. The molecule has 0 saturated heterocycles. The van der Waals surface area contributed by atoms with Crippen molar-refractivity contribution in [1.82, 2.24) is 4.98 Å². The van der Waals surface area contributed by atoms with Gasteiger partial charge in [0.25, 0.3) is 0 Å². The molecule has 0 spiro atoms. The first-order valence-electron chi connectivity index (χ1n) is 6.03. The van der Waals surface area contributed by atoms with Crippen LogP contribution in [0.3, 0.4) is 0 Å². The van der Waals surface area contributed by atoms with E-state index >= 15 is 0 Å². The Hall–Kier alpha value is -1.75. The number of nitrogens with zero attached hydrogens (tertiary/aromatic N) is 1. The highest BCUT2D eigenvalue weighted by atomic mass is 35.5. The van der Waals surface area contributed by atoms with Gasteiger partial charge in [-0.2, -0.15) is 0 Å². The van der Waals surface area contributed by atoms with E-state index in [4.69, 9.17) is 11.6 Å². The molecule has 2 nitrogen and oxygen atoms in total. The standard InChI is InChI=1S/C14H12ClF3N2/c1-2-12(13-4-3-8(16)7-19-13)20-14-10(15)5-9(17)6-11(14)18/h3-7,12,20H,2H2,1H3. The summed E-state index contributed by atoms with van der Waals surface area (Å²) >= 11 is 5.83. The first-order valence-corrected chi connectivity index (χ1v) is 6.41. The van der Waals surface area contributed by atoms with E-state index in [1.807, 2.05) is 6.92 Å². The van der Waals surface area contributed by atoms with E-state index in [0.29, 0.717) is 12.1 Å². The lowest BCUT2D eigenvalue weighted by molar-refractivity contribution is 0.581. The molecular weight excluding hydrogens is 289 g/mol. The molecule has 1 aromatic carbocycles. The maximum Gasteiger partial charge on any atom is 0.150 e. The quantitative estimate of drug-likeness (QED) is 0.884. The fourth-order valence-electron chi connectivity index (χ4n) is 1.83. The van der Waals surface area contributed by atoms with E-state index in [2.05, 4.69) is 10.3 Å². The van der Waals surface area contributed by atoms with Gasteiger partial charge in [-0.25, -0.2) is 13.2 Å². The van der Waals surface area contributed by atoms with Crippen molar-refractivity contribution in [2.45, 2.75) is 19.4 Å². The Bertz CT molecular complexity index is 579. The van der Waals surface area contributed by atoms with Crippen LogP contribution in [0.25, 0.3) is 0 Å². The summed E-state index contributed by atoms with van der Waals surface area (Å²) in [7, 11) is 0. The number of hydrogen-bond donors (Lipinski definition) is 1. The fourth-order valence-corrected chi connectivity index (χ4v) is 2.08. The number of halogens is 4. The minimum absolute atomic E-state index is 0.00559. The SMILES string of the molecule is CCC(Nc1c(F)cc(F)cc1Cl)c1ccc(F)cn1. The fraction of sp³-hybridized carbons (Fsp3) is 0.214. The van der Waals surface area contributed by atoms with Crippen LogP contribution in [0.2, 0.25) is 5.02 Å². The van der Waals surface area contributed by atoms with Gasteiger partial charge in [0, 0.05) is 6.07 Å². The maximum absolute atomic E-state index is 13.7. The highest BCUT2D eigenvalue weighted by Gasteiger charge is 2.16. The number of rotatable bonds is 4. The van der Waals surface area contributed by atoms with Crippen molar-refractivity contribution >= 4 is 17.3 Å². The van der Waals surface area contributed by atoms with Crippen LogP contribution >= 0.6 is 11.6 Å². The molecule has 0 radical (unpaired) electrons. The molecule has 1 aromatic heterocycles. The van der Waals surface area contributed by atoms with Gasteiger partial charge in [0.05, 0.1) is 28.6 Å². The van der Waals surface area contributed by atoms with Gasteiger partial charge in [0.2, 0.25) is 0 Å². The molecule has 0 fully saturated rings. The van der Waals surface area contributed by atoms with Crippen LogP contribution in [0, 0.1) is 17.5 Å². The number of nitrogens with one attached hydrogen (secondary N) is 1. The molecule has 2 rings (SSSR count). The highest BCUT2D eigenvalue weighted by Crippen LogP contribution is 2.30. The Morgan fingerprint density at radius 3 is 2.50 bits per heavy atom. The average Bonchev–Trinajstić information content (AvgIpc) is 2.39. The number of benzene rings is 1. The Labute approximate surface area is 119 Å². The largest absolute Gasteiger partial charge is 0.373 e. The van der Waals surface area contributed by atoms with Crippen molar-refractivity contribution in [3.05, 3.63) is 58.6 Å². The normalized spacial score (nSPS) is 12.2. The first-order chi connectivity index (χ1) is 9.51.